The summed E-state index contributed by atoms with van der Waals surface area (Å²) in [7, 11) is 0. The van der Waals surface area contributed by atoms with E-state index in [-0.39, 0.29) is 23.9 Å². The Hall–Kier alpha value is -1.49. The monoisotopic (exact) mass is 254 g/mol. The number of nitrogens with one attached hydrogen (secondary N) is 1. The molecule has 1 aliphatic rings. The molecule has 5 heteroatoms. The summed E-state index contributed by atoms with van der Waals surface area (Å²) in [5.41, 5.74) is 5.84. The number of halogens is 2. The Balaban J connectivity index is 1.80. The maximum absolute atomic E-state index is 13.3. The molecule has 0 saturated heterocycles. The highest BCUT2D eigenvalue weighted by atomic mass is 19.1. The van der Waals surface area contributed by atoms with Crippen molar-refractivity contribution in [2.45, 2.75) is 25.3 Å². The average Bonchev–Trinajstić information content (AvgIpc) is 2.27. The predicted molar refractivity (Wildman–Crippen MR) is 63.8 cm³/mol. The normalized spacial score (nSPS) is 22.4. The Labute approximate surface area is 104 Å². The number of hydrogen-bond donors (Lipinski definition) is 2. The van der Waals surface area contributed by atoms with Crippen molar-refractivity contribution in [1.82, 2.24) is 5.32 Å². The van der Waals surface area contributed by atoms with Gasteiger partial charge in [0.2, 0.25) is 5.91 Å². The summed E-state index contributed by atoms with van der Waals surface area (Å²) < 4.78 is 26.0. The fourth-order valence-corrected chi connectivity index (χ4v) is 2.11. The molecule has 0 bridgehead atoms. The van der Waals surface area contributed by atoms with Gasteiger partial charge in [0.1, 0.15) is 11.6 Å². The number of benzene rings is 1. The third-order valence-corrected chi connectivity index (χ3v) is 3.23. The molecule has 0 aromatic heterocycles. The lowest BCUT2D eigenvalue weighted by Crippen LogP contribution is -2.42. The van der Waals surface area contributed by atoms with Crippen LogP contribution in [0.3, 0.4) is 0 Å². The quantitative estimate of drug-likeness (QED) is 0.852. The molecule has 0 atom stereocenters. The highest BCUT2D eigenvalue weighted by molar-refractivity contribution is 5.78. The molecule has 0 radical (unpaired) electrons. The lowest BCUT2D eigenvalue weighted by atomic mass is 9.81. The minimum Gasteiger partial charge on any atom is -0.356 e. The molecular formula is C13H16F2N2O. The van der Waals surface area contributed by atoms with Gasteiger partial charge in [-0.2, -0.15) is 0 Å². The van der Waals surface area contributed by atoms with Crippen molar-refractivity contribution in [2.24, 2.45) is 11.7 Å². The molecule has 2 rings (SSSR count). The summed E-state index contributed by atoms with van der Waals surface area (Å²) in [6.45, 7) is 0.579. The van der Waals surface area contributed by atoms with Gasteiger partial charge in [-0.25, -0.2) is 8.78 Å². The van der Waals surface area contributed by atoms with Crippen molar-refractivity contribution in [1.29, 1.82) is 0 Å². The molecule has 0 heterocycles. The largest absolute Gasteiger partial charge is 0.356 e. The third kappa shape index (κ3) is 3.26. The van der Waals surface area contributed by atoms with Gasteiger partial charge in [0.15, 0.2) is 0 Å². The van der Waals surface area contributed by atoms with Crippen molar-refractivity contribution in [3.8, 4) is 0 Å². The molecule has 98 valence electrons. The SMILES string of the molecule is NC1CC(CNC(=O)Cc2ccc(F)cc2F)C1. The molecule has 1 aliphatic carbocycles. The average molecular weight is 254 g/mol. The molecular weight excluding hydrogens is 238 g/mol. The second-order valence-electron chi connectivity index (χ2n) is 4.81. The number of carbonyl (C=O) groups excluding carboxylic acids is 1. The van der Waals surface area contributed by atoms with E-state index < -0.39 is 11.6 Å². The van der Waals surface area contributed by atoms with Crippen molar-refractivity contribution in [3.05, 3.63) is 35.4 Å². The van der Waals surface area contributed by atoms with Crippen LogP contribution in [0.25, 0.3) is 0 Å². The Kier molecular flexibility index (Phi) is 3.91. The second-order valence-corrected chi connectivity index (χ2v) is 4.81. The molecule has 1 aromatic rings. The number of hydrogen-bond acceptors (Lipinski definition) is 2. The zero-order chi connectivity index (χ0) is 13.1. The molecule has 18 heavy (non-hydrogen) atoms. The molecule has 1 amide bonds. The van der Waals surface area contributed by atoms with Crippen LogP contribution in [0.1, 0.15) is 18.4 Å². The van der Waals surface area contributed by atoms with Gasteiger partial charge in [0.25, 0.3) is 0 Å². The molecule has 0 aliphatic heterocycles. The number of rotatable bonds is 4. The van der Waals surface area contributed by atoms with E-state index in [1.807, 2.05) is 0 Å². The van der Waals surface area contributed by atoms with E-state index in [1.54, 1.807) is 0 Å². The van der Waals surface area contributed by atoms with Crippen LogP contribution in [0, 0.1) is 17.6 Å². The summed E-state index contributed by atoms with van der Waals surface area (Å²) in [6.07, 6.45) is 1.78. The first-order chi connectivity index (χ1) is 8.54. The van der Waals surface area contributed by atoms with E-state index >= 15 is 0 Å². The van der Waals surface area contributed by atoms with Gasteiger partial charge in [0, 0.05) is 18.7 Å². The first-order valence-electron chi connectivity index (χ1n) is 6.01. The molecule has 1 saturated carbocycles. The summed E-state index contributed by atoms with van der Waals surface area (Å²) in [6, 6.07) is 3.48. The lowest BCUT2D eigenvalue weighted by molar-refractivity contribution is -0.120. The van der Waals surface area contributed by atoms with Gasteiger partial charge < -0.3 is 11.1 Å². The highest BCUT2D eigenvalue weighted by Gasteiger charge is 2.25. The number of nitrogens with two attached hydrogens (primary N) is 1. The molecule has 1 aromatic carbocycles. The van der Waals surface area contributed by atoms with Crippen LogP contribution in [0.5, 0.6) is 0 Å². The van der Waals surface area contributed by atoms with Crippen molar-refractivity contribution >= 4 is 5.91 Å². The standard InChI is InChI=1S/C13H16F2N2O/c14-10-2-1-9(12(15)6-10)5-13(18)17-7-8-3-11(16)4-8/h1-2,6,8,11H,3-5,7,16H2,(H,17,18). The van der Waals surface area contributed by atoms with E-state index in [1.165, 1.54) is 6.07 Å². The minimum absolute atomic E-state index is 0.0646. The highest BCUT2D eigenvalue weighted by Crippen LogP contribution is 2.24. The molecule has 1 fully saturated rings. The van der Waals surface area contributed by atoms with E-state index in [0.717, 1.165) is 25.0 Å². The van der Waals surface area contributed by atoms with Gasteiger partial charge in [0.05, 0.1) is 6.42 Å². The van der Waals surface area contributed by atoms with Gasteiger partial charge in [-0.15, -0.1) is 0 Å². The van der Waals surface area contributed by atoms with E-state index in [2.05, 4.69) is 5.32 Å². The van der Waals surface area contributed by atoms with Crippen LogP contribution >= 0.6 is 0 Å². The van der Waals surface area contributed by atoms with Crippen LogP contribution in [0.15, 0.2) is 18.2 Å². The minimum atomic E-state index is -0.684. The topological polar surface area (TPSA) is 55.1 Å². The van der Waals surface area contributed by atoms with Gasteiger partial charge in [-0.1, -0.05) is 6.07 Å². The van der Waals surface area contributed by atoms with E-state index in [9.17, 15) is 13.6 Å². The lowest BCUT2D eigenvalue weighted by Gasteiger charge is -2.32. The van der Waals surface area contributed by atoms with Crippen molar-refractivity contribution in [2.75, 3.05) is 6.54 Å². The molecule has 0 unspecified atom stereocenters. The summed E-state index contributed by atoms with van der Waals surface area (Å²) in [4.78, 5) is 11.6. The van der Waals surface area contributed by atoms with Crippen LogP contribution in [0.4, 0.5) is 8.78 Å². The predicted octanol–water partition coefficient (Wildman–Crippen LogP) is 1.36. The molecule has 0 spiro atoms. The van der Waals surface area contributed by atoms with Crippen molar-refractivity contribution in [3.63, 3.8) is 0 Å². The maximum atomic E-state index is 13.3. The maximum Gasteiger partial charge on any atom is 0.224 e. The fraction of sp³-hybridized carbons (Fsp3) is 0.462. The first kappa shape index (κ1) is 13.0. The Morgan fingerprint density at radius 3 is 2.72 bits per heavy atom. The third-order valence-electron chi connectivity index (χ3n) is 3.23. The number of carbonyl (C=O) groups is 1. The zero-order valence-corrected chi connectivity index (χ0v) is 9.96. The van der Waals surface area contributed by atoms with E-state index in [4.69, 9.17) is 5.73 Å². The molecule has 3 N–H and O–H groups in total. The van der Waals surface area contributed by atoms with Gasteiger partial charge in [-0.05, 0) is 30.4 Å². The summed E-state index contributed by atoms with van der Waals surface area (Å²) in [5, 5.41) is 2.74. The van der Waals surface area contributed by atoms with Gasteiger partial charge >= 0.3 is 0 Å². The van der Waals surface area contributed by atoms with Crippen LogP contribution in [0.2, 0.25) is 0 Å². The second kappa shape index (κ2) is 5.44. The Bertz CT molecular complexity index is 445. The summed E-state index contributed by atoms with van der Waals surface area (Å²) >= 11 is 0. The Morgan fingerprint density at radius 1 is 1.39 bits per heavy atom. The fourth-order valence-electron chi connectivity index (χ4n) is 2.11. The zero-order valence-electron chi connectivity index (χ0n) is 9.96. The van der Waals surface area contributed by atoms with Crippen LogP contribution in [-0.2, 0) is 11.2 Å². The van der Waals surface area contributed by atoms with Crippen LogP contribution < -0.4 is 11.1 Å². The molecule has 3 nitrogen and oxygen atoms in total. The number of amides is 1. The summed E-state index contributed by atoms with van der Waals surface area (Å²) in [5.74, 6) is -1.14. The van der Waals surface area contributed by atoms with Crippen LogP contribution in [-0.4, -0.2) is 18.5 Å². The smallest absolute Gasteiger partial charge is 0.224 e. The van der Waals surface area contributed by atoms with Crippen molar-refractivity contribution < 1.29 is 13.6 Å². The first-order valence-corrected chi connectivity index (χ1v) is 6.01. The Morgan fingerprint density at radius 2 is 2.11 bits per heavy atom. The van der Waals surface area contributed by atoms with E-state index in [0.29, 0.717) is 12.5 Å². The van der Waals surface area contributed by atoms with Gasteiger partial charge in [-0.3, -0.25) is 4.79 Å².